The van der Waals surface area contributed by atoms with E-state index in [0.29, 0.717) is 13.0 Å². The Balaban J connectivity index is 1.79. The Bertz CT molecular complexity index is 780. The Labute approximate surface area is 176 Å². The predicted molar refractivity (Wildman–Crippen MR) is 107 cm³/mol. The third-order valence-electron chi connectivity index (χ3n) is 6.73. The SMILES string of the molecule is CCCC(C)N1CC=C[C@]23O[C@H]4C=CCCOC(=O)[C@H]4[C@H]2C(=O)N(CCO)C3C1=O. The van der Waals surface area contributed by atoms with E-state index in [1.165, 1.54) is 4.90 Å². The minimum Gasteiger partial charge on any atom is -0.465 e. The molecule has 0 aromatic heterocycles. The highest BCUT2D eigenvalue weighted by atomic mass is 16.6. The van der Waals surface area contributed by atoms with Crippen molar-refractivity contribution in [1.82, 2.24) is 9.80 Å². The molecule has 0 bridgehead atoms. The molecule has 4 heterocycles. The summed E-state index contributed by atoms with van der Waals surface area (Å²) in [5, 5.41) is 9.60. The molecule has 8 heteroatoms. The van der Waals surface area contributed by atoms with Gasteiger partial charge in [-0.2, -0.15) is 0 Å². The van der Waals surface area contributed by atoms with Crippen molar-refractivity contribution in [3.63, 3.8) is 0 Å². The zero-order valence-electron chi connectivity index (χ0n) is 17.5. The van der Waals surface area contributed by atoms with Crippen molar-refractivity contribution in [2.75, 3.05) is 26.3 Å². The Hall–Kier alpha value is -2.19. The van der Waals surface area contributed by atoms with Crippen LogP contribution in [0.2, 0.25) is 0 Å². The first kappa shape index (κ1) is 21.1. The topological polar surface area (TPSA) is 96.4 Å². The van der Waals surface area contributed by atoms with Gasteiger partial charge in [0.2, 0.25) is 11.8 Å². The molecule has 2 saturated heterocycles. The van der Waals surface area contributed by atoms with Gasteiger partial charge in [0, 0.05) is 19.1 Å². The molecule has 0 aliphatic carbocycles. The van der Waals surface area contributed by atoms with Crippen LogP contribution < -0.4 is 0 Å². The zero-order valence-corrected chi connectivity index (χ0v) is 17.5. The number of aliphatic hydroxyl groups is 1. The van der Waals surface area contributed by atoms with Gasteiger partial charge in [0.15, 0.2) is 0 Å². The summed E-state index contributed by atoms with van der Waals surface area (Å²) in [5.74, 6) is -2.66. The number of aliphatic hydroxyl groups excluding tert-OH is 1. The van der Waals surface area contributed by atoms with Gasteiger partial charge >= 0.3 is 5.97 Å². The van der Waals surface area contributed by atoms with Crippen LogP contribution in [0.3, 0.4) is 0 Å². The third kappa shape index (κ3) is 3.08. The van der Waals surface area contributed by atoms with Crippen LogP contribution in [0.25, 0.3) is 0 Å². The van der Waals surface area contributed by atoms with Crippen LogP contribution in [-0.2, 0) is 23.9 Å². The van der Waals surface area contributed by atoms with Crippen LogP contribution in [0.1, 0.15) is 33.1 Å². The fraction of sp³-hybridized carbons (Fsp3) is 0.682. The molecule has 0 aromatic carbocycles. The molecule has 2 amide bonds. The van der Waals surface area contributed by atoms with Gasteiger partial charge in [0.05, 0.1) is 25.2 Å². The van der Waals surface area contributed by atoms with Gasteiger partial charge < -0.3 is 24.4 Å². The minimum atomic E-state index is -1.24. The number of hydrogen-bond acceptors (Lipinski definition) is 6. The number of nitrogens with zero attached hydrogens (tertiary/aromatic N) is 2. The van der Waals surface area contributed by atoms with Gasteiger partial charge in [-0.3, -0.25) is 14.4 Å². The molecule has 1 spiro atoms. The molecule has 30 heavy (non-hydrogen) atoms. The number of likely N-dealkylation sites (tertiary alicyclic amines) is 1. The lowest BCUT2D eigenvalue weighted by Crippen LogP contribution is -2.57. The number of hydrogen-bond donors (Lipinski definition) is 1. The van der Waals surface area contributed by atoms with Gasteiger partial charge in [-0.1, -0.05) is 37.6 Å². The Morgan fingerprint density at radius 3 is 2.80 bits per heavy atom. The number of carbonyl (C=O) groups excluding carboxylic acids is 3. The molecule has 4 aliphatic rings. The maximum atomic E-state index is 13.7. The van der Waals surface area contributed by atoms with Crippen LogP contribution in [0, 0.1) is 11.8 Å². The second-order valence-electron chi connectivity index (χ2n) is 8.51. The summed E-state index contributed by atoms with van der Waals surface area (Å²) in [4.78, 5) is 43.2. The quantitative estimate of drug-likeness (QED) is 0.520. The first-order chi connectivity index (χ1) is 14.5. The zero-order chi connectivity index (χ0) is 21.5. The summed E-state index contributed by atoms with van der Waals surface area (Å²) in [5.41, 5.74) is -1.24. The minimum absolute atomic E-state index is 0.00682. The van der Waals surface area contributed by atoms with Crippen molar-refractivity contribution >= 4 is 17.8 Å². The van der Waals surface area contributed by atoms with Crippen molar-refractivity contribution < 1.29 is 29.0 Å². The summed E-state index contributed by atoms with van der Waals surface area (Å²) in [6.07, 6.45) is 9.14. The lowest BCUT2D eigenvalue weighted by atomic mass is 9.77. The van der Waals surface area contributed by atoms with Gasteiger partial charge in [-0.05, 0) is 19.8 Å². The molecule has 0 radical (unpaired) electrons. The predicted octanol–water partition coefficient (Wildman–Crippen LogP) is 0.650. The summed E-state index contributed by atoms with van der Waals surface area (Å²) in [6.45, 7) is 4.49. The van der Waals surface area contributed by atoms with Crippen LogP contribution in [-0.4, -0.2) is 82.8 Å². The molecule has 4 aliphatic heterocycles. The van der Waals surface area contributed by atoms with Crippen molar-refractivity contribution in [2.45, 2.75) is 56.9 Å². The Morgan fingerprint density at radius 1 is 1.27 bits per heavy atom. The van der Waals surface area contributed by atoms with E-state index in [9.17, 15) is 19.5 Å². The number of amides is 2. The molecule has 1 N–H and O–H groups in total. The molecule has 4 rings (SSSR count). The summed E-state index contributed by atoms with van der Waals surface area (Å²) in [6, 6.07) is -0.901. The van der Waals surface area contributed by atoms with Crippen molar-refractivity contribution in [1.29, 1.82) is 0 Å². The second kappa shape index (κ2) is 8.15. The highest BCUT2D eigenvalue weighted by Crippen LogP contribution is 2.53. The average Bonchev–Trinajstić information content (AvgIpc) is 3.07. The van der Waals surface area contributed by atoms with Crippen molar-refractivity contribution in [3.05, 3.63) is 24.3 Å². The molecule has 164 valence electrons. The molecular weight excluding hydrogens is 388 g/mol. The average molecular weight is 418 g/mol. The Morgan fingerprint density at radius 2 is 2.07 bits per heavy atom. The summed E-state index contributed by atoms with van der Waals surface area (Å²) in [7, 11) is 0. The van der Waals surface area contributed by atoms with Crippen molar-refractivity contribution in [3.8, 4) is 0 Å². The standard InChI is InChI=1S/C22H30N2O6/c1-3-7-14(2)23-10-6-9-22-17(19(26)24(11-12-25)18(22)20(23)27)16-15(30-22)8-4-5-13-29-21(16)28/h4,6,8-9,14-18,25H,3,5,7,10-13H2,1-2H3/t14?,15-,16+,17-,18?,22-/m0/s1. The van der Waals surface area contributed by atoms with Gasteiger partial charge in [-0.25, -0.2) is 0 Å². The molecular formula is C22H30N2O6. The molecule has 2 fully saturated rings. The van der Waals surface area contributed by atoms with Gasteiger partial charge in [-0.15, -0.1) is 0 Å². The highest BCUT2D eigenvalue weighted by Gasteiger charge is 2.71. The van der Waals surface area contributed by atoms with E-state index in [0.717, 1.165) is 12.8 Å². The van der Waals surface area contributed by atoms with E-state index in [1.807, 2.05) is 25.2 Å². The third-order valence-corrected chi connectivity index (χ3v) is 6.73. The maximum absolute atomic E-state index is 13.7. The number of ether oxygens (including phenoxy) is 2. The largest absolute Gasteiger partial charge is 0.465 e. The van der Waals surface area contributed by atoms with Crippen LogP contribution >= 0.6 is 0 Å². The number of cyclic esters (lactones) is 1. The molecule has 2 unspecified atom stereocenters. The number of carbonyl (C=O) groups is 3. The lowest BCUT2D eigenvalue weighted by molar-refractivity contribution is -0.155. The number of esters is 1. The molecule has 8 nitrogen and oxygen atoms in total. The fourth-order valence-corrected chi connectivity index (χ4v) is 5.44. The van der Waals surface area contributed by atoms with Gasteiger partial charge in [0.25, 0.3) is 0 Å². The van der Waals surface area contributed by atoms with E-state index < -0.39 is 35.6 Å². The van der Waals surface area contributed by atoms with Crippen LogP contribution in [0.4, 0.5) is 0 Å². The number of β-amino-alcohol motifs (C(OH)–C–C–N with tert-alkyl or cyclic N) is 1. The smallest absolute Gasteiger partial charge is 0.312 e. The summed E-state index contributed by atoms with van der Waals surface area (Å²) >= 11 is 0. The maximum Gasteiger partial charge on any atom is 0.312 e. The number of fused-ring (bicyclic) bond motifs is 2. The molecule has 6 atom stereocenters. The van der Waals surface area contributed by atoms with Gasteiger partial charge in [0.1, 0.15) is 17.6 Å². The Kier molecular flexibility index (Phi) is 5.72. The van der Waals surface area contributed by atoms with E-state index in [4.69, 9.17) is 9.47 Å². The van der Waals surface area contributed by atoms with E-state index in [-0.39, 0.29) is 37.6 Å². The van der Waals surface area contributed by atoms with Crippen LogP contribution in [0.5, 0.6) is 0 Å². The van der Waals surface area contributed by atoms with E-state index in [2.05, 4.69) is 6.92 Å². The highest BCUT2D eigenvalue weighted by molar-refractivity contribution is 5.99. The monoisotopic (exact) mass is 418 g/mol. The molecule has 0 saturated carbocycles. The fourth-order valence-electron chi connectivity index (χ4n) is 5.44. The van der Waals surface area contributed by atoms with Crippen LogP contribution in [0.15, 0.2) is 24.3 Å². The molecule has 0 aromatic rings. The first-order valence-corrected chi connectivity index (χ1v) is 10.9. The summed E-state index contributed by atoms with van der Waals surface area (Å²) < 4.78 is 11.8. The van der Waals surface area contributed by atoms with E-state index in [1.54, 1.807) is 11.0 Å². The number of rotatable bonds is 5. The van der Waals surface area contributed by atoms with Crippen molar-refractivity contribution in [2.24, 2.45) is 11.8 Å². The normalized spacial score (nSPS) is 36.6. The first-order valence-electron chi connectivity index (χ1n) is 10.9. The lowest BCUT2D eigenvalue weighted by Gasteiger charge is -2.37. The second-order valence-corrected chi connectivity index (χ2v) is 8.51. The van der Waals surface area contributed by atoms with E-state index >= 15 is 0 Å².